The van der Waals surface area contributed by atoms with Crippen molar-refractivity contribution < 1.29 is 4.79 Å². The van der Waals surface area contributed by atoms with E-state index in [9.17, 15) is 9.59 Å². The highest BCUT2D eigenvalue weighted by Crippen LogP contribution is 2.12. The van der Waals surface area contributed by atoms with Crippen LogP contribution in [0.2, 0.25) is 0 Å². The summed E-state index contributed by atoms with van der Waals surface area (Å²) in [5.74, 6) is -0.329. The van der Waals surface area contributed by atoms with Crippen molar-refractivity contribution in [3.05, 3.63) is 69.8 Å². The Bertz CT molecular complexity index is 1050. The van der Waals surface area contributed by atoms with Crippen molar-refractivity contribution >= 4 is 33.0 Å². The van der Waals surface area contributed by atoms with Gasteiger partial charge in [-0.25, -0.2) is 4.98 Å². The monoisotopic (exact) mass is 324 g/mol. The highest BCUT2D eigenvalue weighted by Gasteiger charge is 2.10. The van der Waals surface area contributed by atoms with Gasteiger partial charge in [-0.05, 0) is 17.5 Å². The van der Waals surface area contributed by atoms with E-state index < -0.39 is 0 Å². The SMILES string of the molecule is O=C(NCc1cn2ccsc2n1)c1cc2ccccc2c(=O)[nH]1. The summed E-state index contributed by atoms with van der Waals surface area (Å²) < 4.78 is 1.91. The predicted octanol–water partition coefficient (Wildman–Crippen LogP) is 2.17. The molecular formula is C16H12N4O2S. The standard InChI is InChI=1S/C16H12N4O2S/c21-14-12-4-2-1-3-10(12)7-13(19-14)15(22)17-8-11-9-20-5-6-23-16(20)18-11/h1-7,9H,8H2,(H,17,22)(H,19,21). The van der Waals surface area contributed by atoms with E-state index >= 15 is 0 Å². The Balaban J connectivity index is 1.56. The molecule has 3 heterocycles. The van der Waals surface area contributed by atoms with Crippen LogP contribution in [-0.4, -0.2) is 20.3 Å². The molecule has 0 saturated heterocycles. The Kier molecular flexibility index (Phi) is 3.20. The second-order valence-electron chi connectivity index (χ2n) is 5.11. The molecule has 4 rings (SSSR count). The molecule has 4 aromatic rings. The normalized spacial score (nSPS) is 11.1. The summed E-state index contributed by atoms with van der Waals surface area (Å²) in [6.07, 6.45) is 3.79. The second-order valence-corrected chi connectivity index (χ2v) is 5.98. The van der Waals surface area contributed by atoms with Crippen LogP contribution in [0.1, 0.15) is 16.2 Å². The van der Waals surface area contributed by atoms with Crippen LogP contribution in [-0.2, 0) is 6.54 Å². The Morgan fingerprint density at radius 3 is 3.09 bits per heavy atom. The summed E-state index contributed by atoms with van der Waals surface area (Å²) in [6, 6.07) is 8.85. The van der Waals surface area contributed by atoms with E-state index in [2.05, 4.69) is 15.3 Å². The number of fused-ring (bicyclic) bond motifs is 2. The number of thiazole rings is 1. The van der Waals surface area contributed by atoms with Crippen molar-refractivity contribution in [1.29, 1.82) is 0 Å². The summed E-state index contributed by atoms with van der Waals surface area (Å²) in [4.78, 5) is 32.2. The molecule has 1 amide bonds. The van der Waals surface area contributed by atoms with Gasteiger partial charge in [0, 0.05) is 23.2 Å². The molecule has 0 radical (unpaired) electrons. The summed E-state index contributed by atoms with van der Waals surface area (Å²) in [5, 5.41) is 6.03. The summed E-state index contributed by atoms with van der Waals surface area (Å²) in [6.45, 7) is 0.308. The van der Waals surface area contributed by atoms with Crippen molar-refractivity contribution in [3.8, 4) is 0 Å². The summed E-state index contributed by atoms with van der Waals surface area (Å²) in [7, 11) is 0. The third-order valence-electron chi connectivity index (χ3n) is 3.57. The van der Waals surface area contributed by atoms with E-state index in [0.29, 0.717) is 11.9 Å². The third kappa shape index (κ3) is 2.51. The van der Waals surface area contributed by atoms with Gasteiger partial charge in [-0.3, -0.25) is 14.0 Å². The van der Waals surface area contributed by atoms with Crippen LogP contribution in [0.15, 0.2) is 52.9 Å². The van der Waals surface area contributed by atoms with Gasteiger partial charge in [-0.2, -0.15) is 0 Å². The molecule has 2 N–H and O–H groups in total. The third-order valence-corrected chi connectivity index (χ3v) is 4.34. The molecule has 6 nitrogen and oxygen atoms in total. The van der Waals surface area contributed by atoms with Gasteiger partial charge in [0.1, 0.15) is 5.69 Å². The Hall–Kier alpha value is -2.93. The van der Waals surface area contributed by atoms with E-state index in [4.69, 9.17) is 0 Å². The molecule has 7 heteroatoms. The number of benzene rings is 1. The lowest BCUT2D eigenvalue weighted by Gasteiger charge is -2.04. The fourth-order valence-corrected chi connectivity index (χ4v) is 3.18. The van der Waals surface area contributed by atoms with Gasteiger partial charge >= 0.3 is 0 Å². The van der Waals surface area contributed by atoms with Gasteiger partial charge in [-0.15, -0.1) is 11.3 Å². The smallest absolute Gasteiger partial charge is 0.268 e. The lowest BCUT2D eigenvalue weighted by molar-refractivity contribution is 0.0945. The zero-order valence-corrected chi connectivity index (χ0v) is 12.8. The van der Waals surface area contributed by atoms with Gasteiger partial charge < -0.3 is 10.3 Å². The molecule has 0 aliphatic rings. The zero-order chi connectivity index (χ0) is 15.8. The number of hydrogen-bond donors (Lipinski definition) is 2. The summed E-state index contributed by atoms with van der Waals surface area (Å²) in [5.41, 5.74) is 0.749. The fraction of sp³-hybridized carbons (Fsp3) is 0.0625. The maximum absolute atomic E-state index is 12.3. The molecular weight excluding hydrogens is 312 g/mol. The molecule has 0 saturated carbocycles. The first kappa shape index (κ1) is 13.7. The van der Waals surface area contributed by atoms with Crippen molar-refractivity contribution in [2.75, 3.05) is 0 Å². The van der Waals surface area contributed by atoms with Crippen molar-refractivity contribution in [2.45, 2.75) is 6.54 Å². The van der Waals surface area contributed by atoms with Crippen LogP contribution in [0.5, 0.6) is 0 Å². The average Bonchev–Trinajstić information content (AvgIpc) is 3.14. The topological polar surface area (TPSA) is 79.3 Å². The molecule has 0 aliphatic heterocycles. The molecule has 114 valence electrons. The Morgan fingerprint density at radius 1 is 1.35 bits per heavy atom. The number of aromatic nitrogens is 3. The Labute approximate surface area is 134 Å². The number of nitrogens with zero attached hydrogens (tertiary/aromatic N) is 2. The van der Waals surface area contributed by atoms with Gasteiger partial charge in [0.15, 0.2) is 4.96 Å². The van der Waals surface area contributed by atoms with Crippen molar-refractivity contribution in [1.82, 2.24) is 19.7 Å². The predicted molar refractivity (Wildman–Crippen MR) is 88.8 cm³/mol. The van der Waals surface area contributed by atoms with Gasteiger partial charge in [0.25, 0.3) is 11.5 Å². The number of H-pyrrole nitrogens is 1. The molecule has 23 heavy (non-hydrogen) atoms. The van der Waals surface area contributed by atoms with E-state index in [0.717, 1.165) is 16.0 Å². The van der Waals surface area contributed by atoms with E-state index in [-0.39, 0.29) is 17.2 Å². The minimum absolute atomic E-state index is 0.245. The minimum atomic E-state index is -0.329. The fourth-order valence-electron chi connectivity index (χ4n) is 2.46. The number of nitrogens with one attached hydrogen (secondary N) is 2. The molecule has 0 atom stereocenters. The second kappa shape index (κ2) is 5.36. The van der Waals surface area contributed by atoms with Gasteiger partial charge in [0.2, 0.25) is 0 Å². The zero-order valence-electron chi connectivity index (χ0n) is 11.9. The average molecular weight is 324 g/mol. The minimum Gasteiger partial charge on any atom is -0.345 e. The number of aromatic amines is 1. The number of carbonyl (C=O) groups excluding carboxylic acids is 1. The van der Waals surface area contributed by atoms with Crippen LogP contribution in [0.25, 0.3) is 15.7 Å². The number of imidazole rings is 1. The lowest BCUT2D eigenvalue weighted by Crippen LogP contribution is -2.26. The summed E-state index contributed by atoms with van der Waals surface area (Å²) >= 11 is 1.53. The number of hydrogen-bond acceptors (Lipinski definition) is 4. The first-order valence-electron chi connectivity index (χ1n) is 7.02. The largest absolute Gasteiger partial charge is 0.345 e. The molecule has 0 fully saturated rings. The highest BCUT2D eigenvalue weighted by atomic mass is 32.1. The molecule has 0 spiro atoms. The van der Waals surface area contributed by atoms with Gasteiger partial charge in [-0.1, -0.05) is 18.2 Å². The molecule has 1 aromatic carbocycles. The quantitative estimate of drug-likeness (QED) is 0.606. The first-order chi connectivity index (χ1) is 11.2. The lowest BCUT2D eigenvalue weighted by atomic mass is 10.1. The van der Waals surface area contributed by atoms with Gasteiger partial charge in [0.05, 0.1) is 12.2 Å². The number of carbonyl (C=O) groups is 1. The highest BCUT2D eigenvalue weighted by molar-refractivity contribution is 7.15. The van der Waals surface area contributed by atoms with Crippen molar-refractivity contribution in [2.24, 2.45) is 0 Å². The Morgan fingerprint density at radius 2 is 2.22 bits per heavy atom. The van der Waals surface area contributed by atoms with E-state index in [1.165, 1.54) is 11.3 Å². The number of pyridine rings is 1. The number of rotatable bonds is 3. The van der Waals surface area contributed by atoms with Crippen LogP contribution in [0.3, 0.4) is 0 Å². The van der Waals surface area contributed by atoms with Crippen LogP contribution in [0, 0.1) is 0 Å². The van der Waals surface area contributed by atoms with Crippen LogP contribution < -0.4 is 10.9 Å². The van der Waals surface area contributed by atoms with E-state index in [1.54, 1.807) is 18.2 Å². The maximum Gasteiger partial charge on any atom is 0.268 e. The van der Waals surface area contributed by atoms with Crippen LogP contribution >= 0.6 is 11.3 Å². The van der Waals surface area contributed by atoms with Crippen LogP contribution in [0.4, 0.5) is 0 Å². The molecule has 0 unspecified atom stereocenters. The number of amides is 1. The molecule has 0 bridgehead atoms. The molecule has 0 aliphatic carbocycles. The first-order valence-corrected chi connectivity index (χ1v) is 7.90. The van der Waals surface area contributed by atoms with E-state index in [1.807, 2.05) is 34.3 Å². The molecule has 3 aromatic heterocycles. The maximum atomic E-state index is 12.3. The van der Waals surface area contributed by atoms with Crippen molar-refractivity contribution in [3.63, 3.8) is 0 Å².